The molecule has 7 heteroatoms. The number of pyridine rings is 1. The third kappa shape index (κ3) is 4.49. The second-order valence-electron chi connectivity index (χ2n) is 3.58. The van der Waals surface area contributed by atoms with Crippen LogP contribution in [-0.4, -0.2) is 48.1 Å². The molecule has 0 fully saturated rings. The van der Waals surface area contributed by atoms with Crippen LogP contribution < -0.4 is 0 Å². The van der Waals surface area contributed by atoms with Crippen molar-refractivity contribution in [3.8, 4) is 0 Å². The number of carbonyl (C=O) groups is 1. The number of sulfonamides is 1. The Morgan fingerprint density at radius 2 is 2.00 bits per heavy atom. The average Bonchev–Trinajstić information content (AvgIpc) is 2.25. The van der Waals surface area contributed by atoms with E-state index < -0.39 is 21.7 Å². The Labute approximate surface area is 100.0 Å². The standard InChI is InChI=1S/C10H14N2O4S/c1-12(17(15,16)8-10(13)14)7-4-9-2-5-11-6-3-9/h2-3,5-6H,4,7-8H2,1H3,(H,13,14). The van der Waals surface area contributed by atoms with Crippen LogP contribution in [0.3, 0.4) is 0 Å². The summed E-state index contributed by atoms with van der Waals surface area (Å²) in [4.78, 5) is 14.2. The molecule has 0 radical (unpaired) electrons. The maximum atomic E-state index is 11.5. The number of aliphatic carboxylic acids is 1. The van der Waals surface area contributed by atoms with E-state index in [-0.39, 0.29) is 6.54 Å². The molecule has 0 atom stereocenters. The van der Waals surface area contributed by atoms with Crippen molar-refractivity contribution in [2.24, 2.45) is 0 Å². The molecule has 0 saturated carbocycles. The van der Waals surface area contributed by atoms with Crippen molar-refractivity contribution < 1.29 is 18.3 Å². The first-order valence-corrected chi connectivity index (χ1v) is 6.57. The van der Waals surface area contributed by atoms with E-state index in [4.69, 9.17) is 5.11 Å². The van der Waals surface area contributed by atoms with Gasteiger partial charge in [0.05, 0.1) is 0 Å². The monoisotopic (exact) mass is 258 g/mol. The fraction of sp³-hybridized carbons (Fsp3) is 0.400. The lowest BCUT2D eigenvalue weighted by atomic mass is 10.2. The zero-order chi connectivity index (χ0) is 12.9. The van der Waals surface area contributed by atoms with E-state index in [9.17, 15) is 13.2 Å². The predicted octanol–water partition coefficient (Wildman–Crippen LogP) is -0.0297. The minimum atomic E-state index is -3.71. The van der Waals surface area contributed by atoms with Gasteiger partial charge in [0.15, 0.2) is 5.75 Å². The molecule has 0 unspecified atom stereocenters. The summed E-state index contributed by atoms with van der Waals surface area (Å²) in [6, 6.07) is 3.58. The largest absolute Gasteiger partial charge is 0.480 e. The molecule has 0 aliphatic heterocycles. The lowest BCUT2D eigenvalue weighted by Gasteiger charge is -2.15. The number of carboxylic acids is 1. The fourth-order valence-corrected chi connectivity index (χ4v) is 2.14. The minimum absolute atomic E-state index is 0.250. The summed E-state index contributed by atoms with van der Waals surface area (Å²) in [6.07, 6.45) is 3.78. The minimum Gasteiger partial charge on any atom is -0.480 e. The van der Waals surface area contributed by atoms with Gasteiger partial charge in [-0.3, -0.25) is 9.78 Å². The molecule has 0 aliphatic rings. The Kier molecular flexibility index (Phi) is 4.59. The number of carboxylic acid groups (broad SMARTS) is 1. The van der Waals surface area contributed by atoms with Crippen molar-refractivity contribution in [3.05, 3.63) is 30.1 Å². The SMILES string of the molecule is CN(CCc1ccncc1)S(=O)(=O)CC(=O)O. The molecule has 0 bridgehead atoms. The molecule has 0 saturated heterocycles. The van der Waals surface area contributed by atoms with Gasteiger partial charge in [-0.1, -0.05) is 0 Å². The summed E-state index contributed by atoms with van der Waals surface area (Å²) >= 11 is 0. The number of aromatic nitrogens is 1. The molecule has 94 valence electrons. The highest BCUT2D eigenvalue weighted by Gasteiger charge is 2.21. The number of likely N-dealkylation sites (N-methyl/N-ethyl adjacent to an activating group) is 1. The van der Waals surface area contributed by atoms with E-state index in [2.05, 4.69) is 4.98 Å². The summed E-state index contributed by atoms with van der Waals surface area (Å²) in [6.45, 7) is 0.250. The summed E-state index contributed by atoms with van der Waals surface area (Å²) in [5, 5.41) is 8.47. The van der Waals surface area contributed by atoms with Crippen molar-refractivity contribution in [2.75, 3.05) is 19.3 Å². The lowest BCUT2D eigenvalue weighted by molar-refractivity contribution is -0.134. The fourth-order valence-electron chi connectivity index (χ4n) is 1.24. The maximum Gasteiger partial charge on any atom is 0.320 e. The van der Waals surface area contributed by atoms with E-state index in [0.29, 0.717) is 6.42 Å². The van der Waals surface area contributed by atoms with E-state index in [1.54, 1.807) is 24.5 Å². The molecule has 17 heavy (non-hydrogen) atoms. The second kappa shape index (κ2) is 5.74. The molecule has 0 spiro atoms. The first-order chi connectivity index (χ1) is 7.92. The van der Waals surface area contributed by atoms with Crippen LogP contribution in [0.2, 0.25) is 0 Å². The summed E-state index contributed by atoms with van der Waals surface area (Å²) in [7, 11) is -2.34. The van der Waals surface area contributed by atoms with Crippen LogP contribution >= 0.6 is 0 Å². The van der Waals surface area contributed by atoms with E-state index in [0.717, 1.165) is 9.87 Å². The Balaban J connectivity index is 2.55. The number of hydrogen-bond acceptors (Lipinski definition) is 4. The van der Waals surface area contributed by atoms with Crippen LogP contribution in [0.4, 0.5) is 0 Å². The van der Waals surface area contributed by atoms with Crippen LogP contribution in [0.15, 0.2) is 24.5 Å². The molecule has 1 rings (SSSR count). The summed E-state index contributed by atoms with van der Waals surface area (Å²) in [5.41, 5.74) is 0.956. The van der Waals surface area contributed by atoms with Crippen molar-refractivity contribution in [1.82, 2.24) is 9.29 Å². The van der Waals surface area contributed by atoms with Gasteiger partial charge in [0.2, 0.25) is 10.0 Å². The number of hydrogen-bond donors (Lipinski definition) is 1. The smallest absolute Gasteiger partial charge is 0.320 e. The number of rotatable bonds is 6. The Hall–Kier alpha value is -1.47. The van der Waals surface area contributed by atoms with Gasteiger partial charge in [0.1, 0.15) is 0 Å². The van der Waals surface area contributed by atoms with Crippen LogP contribution in [0, 0.1) is 0 Å². The highest BCUT2D eigenvalue weighted by atomic mass is 32.2. The van der Waals surface area contributed by atoms with Gasteiger partial charge in [-0.15, -0.1) is 0 Å². The van der Waals surface area contributed by atoms with Gasteiger partial charge in [-0.25, -0.2) is 12.7 Å². The molecule has 6 nitrogen and oxygen atoms in total. The van der Waals surface area contributed by atoms with Gasteiger partial charge in [0, 0.05) is 26.0 Å². The average molecular weight is 258 g/mol. The zero-order valence-electron chi connectivity index (χ0n) is 9.41. The van der Waals surface area contributed by atoms with Gasteiger partial charge in [0.25, 0.3) is 0 Å². The number of nitrogens with zero attached hydrogens (tertiary/aromatic N) is 2. The Morgan fingerprint density at radius 1 is 1.41 bits per heavy atom. The molecule has 0 amide bonds. The van der Waals surface area contributed by atoms with Gasteiger partial charge in [-0.05, 0) is 24.1 Å². The molecule has 1 heterocycles. The third-order valence-corrected chi connectivity index (χ3v) is 3.99. The summed E-state index contributed by atoms with van der Waals surface area (Å²) < 4.78 is 24.0. The maximum absolute atomic E-state index is 11.5. The van der Waals surface area contributed by atoms with E-state index in [1.807, 2.05) is 0 Å². The molecule has 1 aromatic rings. The van der Waals surface area contributed by atoms with Crippen LogP contribution in [0.1, 0.15) is 5.56 Å². The van der Waals surface area contributed by atoms with Gasteiger partial charge in [-0.2, -0.15) is 0 Å². The van der Waals surface area contributed by atoms with Gasteiger partial charge >= 0.3 is 5.97 Å². The van der Waals surface area contributed by atoms with Crippen molar-refractivity contribution in [2.45, 2.75) is 6.42 Å². The Bertz CT molecular complexity index is 472. The molecule has 1 N–H and O–H groups in total. The molecule has 1 aromatic heterocycles. The van der Waals surface area contributed by atoms with Crippen molar-refractivity contribution >= 4 is 16.0 Å². The van der Waals surface area contributed by atoms with Crippen molar-refractivity contribution in [1.29, 1.82) is 0 Å². The van der Waals surface area contributed by atoms with Crippen LogP contribution in [0.25, 0.3) is 0 Å². The van der Waals surface area contributed by atoms with E-state index >= 15 is 0 Å². The van der Waals surface area contributed by atoms with Crippen molar-refractivity contribution in [3.63, 3.8) is 0 Å². The van der Waals surface area contributed by atoms with Crippen LogP contribution in [-0.2, 0) is 21.2 Å². The molecular formula is C10H14N2O4S. The molecular weight excluding hydrogens is 244 g/mol. The molecule has 0 aromatic carbocycles. The zero-order valence-corrected chi connectivity index (χ0v) is 10.2. The second-order valence-corrected chi connectivity index (χ2v) is 5.65. The van der Waals surface area contributed by atoms with Crippen LogP contribution in [0.5, 0.6) is 0 Å². The topological polar surface area (TPSA) is 87.6 Å². The quantitative estimate of drug-likeness (QED) is 0.774. The van der Waals surface area contributed by atoms with E-state index in [1.165, 1.54) is 7.05 Å². The Morgan fingerprint density at radius 3 is 2.53 bits per heavy atom. The third-order valence-electron chi connectivity index (χ3n) is 2.25. The highest BCUT2D eigenvalue weighted by molar-refractivity contribution is 7.89. The van der Waals surface area contributed by atoms with Gasteiger partial charge < -0.3 is 5.11 Å². The highest BCUT2D eigenvalue weighted by Crippen LogP contribution is 2.03. The predicted molar refractivity (Wildman–Crippen MR) is 62.0 cm³/mol. The first kappa shape index (κ1) is 13.6. The summed E-state index contributed by atoms with van der Waals surface area (Å²) in [5.74, 6) is -2.22. The first-order valence-electron chi connectivity index (χ1n) is 4.96. The normalized spacial score (nSPS) is 11.6. The molecule has 0 aliphatic carbocycles. The lowest BCUT2D eigenvalue weighted by Crippen LogP contribution is -2.33.